The molecule has 0 spiro atoms. The highest BCUT2D eigenvalue weighted by molar-refractivity contribution is 7.16. The van der Waals surface area contributed by atoms with E-state index < -0.39 is 0 Å². The molecule has 0 atom stereocenters. The lowest BCUT2D eigenvalue weighted by molar-refractivity contribution is 0.0973. The molecule has 1 aliphatic rings. The highest BCUT2D eigenvalue weighted by Gasteiger charge is 2.23. The van der Waals surface area contributed by atoms with Gasteiger partial charge in [-0.3, -0.25) is 4.79 Å². The van der Waals surface area contributed by atoms with Gasteiger partial charge in [0.05, 0.1) is 16.9 Å². The molecular weight excluding hydrogens is 208 g/mol. The van der Waals surface area contributed by atoms with E-state index in [0.29, 0.717) is 17.7 Å². The fraction of sp³-hybridized carbons (Fsp3) is 0.273. The predicted molar refractivity (Wildman–Crippen MR) is 61.3 cm³/mol. The van der Waals surface area contributed by atoms with Crippen LogP contribution in [0.4, 0.5) is 5.69 Å². The number of ketones is 1. The Hall–Kier alpha value is -1.42. The third-order valence-electron chi connectivity index (χ3n) is 2.83. The summed E-state index contributed by atoms with van der Waals surface area (Å²) < 4.78 is 0. The third kappa shape index (κ3) is 1.18. The summed E-state index contributed by atoms with van der Waals surface area (Å²) in [5.41, 5.74) is 8.21. The van der Waals surface area contributed by atoms with Crippen molar-refractivity contribution in [1.29, 1.82) is 0 Å². The number of Topliss-reactive ketones (excluding diaryl/α,β-unsaturated/α-hetero) is 1. The van der Waals surface area contributed by atoms with Gasteiger partial charge in [0.1, 0.15) is 4.83 Å². The summed E-state index contributed by atoms with van der Waals surface area (Å²) in [4.78, 5) is 17.2. The van der Waals surface area contributed by atoms with Crippen LogP contribution in [0.2, 0.25) is 0 Å². The molecule has 0 saturated carbocycles. The van der Waals surface area contributed by atoms with Crippen LogP contribution < -0.4 is 5.73 Å². The van der Waals surface area contributed by atoms with Crippen molar-refractivity contribution in [2.24, 2.45) is 0 Å². The number of hydrogen-bond acceptors (Lipinski definition) is 4. The number of nitrogens with zero attached hydrogens (tertiary/aromatic N) is 1. The van der Waals surface area contributed by atoms with Crippen LogP contribution in [0.1, 0.15) is 28.9 Å². The molecule has 76 valence electrons. The first-order valence-electron chi connectivity index (χ1n) is 4.96. The van der Waals surface area contributed by atoms with Crippen molar-refractivity contribution < 1.29 is 4.79 Å². The first-order valence-corrected chi connectivity index (χ1v) is 5.84. The third-order valence-corrected chi connectivity index (χ3v) is 3.63. The Labute approximate surface area is 90.9 Å². The number of pyridine rings is 1. The molecule has 3 rings (SSSR count). The molecule has 2 heterocycles. The van der Waals surface area contributed by atoms with E-state index in [-0.39, 0.29) is 5.78 Å². The van der Waals surface area contributed by atoms with E-state index in [0.717, 1.165) is 28.8 Å². The maximum Gasteiger partial charge on any atom is 0.166 e. The number of aromatic nitrogens is 1. The molecule has 0 amide bonds. The van der Waals surface area contributed by atoms with E-state index in [1.165, 1.54) is 0 Å². The lowest BCUT2D eigenvalue weighted by Crippen LogP contribution is -2.15. The minimum atomic E-state index is 0.148. The fourth-order valence-corrected chi connectivity index (χ4v) is 2.90. The number of carbonyl (C=O) groups excluding carboxylic acids is 1. The van der Waals surface area contributed by atoms with Crippen molar-refractivity contribution in [3.8, 4) is 0 Å². The number of rotatable bonds is 0. The Morgan fingerprint density at radius 1 is 1.40 bits per heavy atom. The second kappa shape index (κ2) is 3.03. The van der Waals surface area contributed by atoms with Gasteiger partial charge >= 0.3 is 0 Å². The largest absolute Gasteiger partial charge is 0.398 e. The van der Waals surface area contributed by atoms with Gasteiger partial charge in [-0.15, -0.1) is 11.3 Å². The van der Waals surface area contributed by atoms with E-state index >= 15 is 0 Å². The van der Waals surface area contributed by atoms with Crippen LogP contribution in [-0.4, -0.2) is 10.8 Å². The quantitative estimate of drug-likeness (QED) is 0.738. The van der Waals surface area contributed by atoms with Crippen molar-refractivity contribution >= 4 is 33.0 Å². The molecule has 0 fully saturated rings. The van der Waals surface area contributed by atoms with E-state index in [1.807, 2.05) is 11.4 Å². The topological polar surface area (TPSA) is 56.0 Å². The molecule has 0 aromatic carbocycles. The SMILES string of the molecule is Nc1c2c(nc3sccc13)CCCC2=O. The molecule has 2 N–H and O–H groups in total. The normalized spacial score (nSPS) is 15.6. The molecule has 2 aromatic heterocycles. The molecule has 0 saturated heterocycles. The Bertz CT molecular complexity index is 559. The molecular formula is C11H10N2OS. The Morgan fingerprint density at radius 3 is 3.13 bits per heavy atom. The van der Waals surface area contributed by atoms with Gasteiger partial charge in [-0.1, -0.05) is 0 Å². The van der Waals surface area contributed by atoms with Crippen LogP contribution >= 0.6 is 11.3 Å². The van der Waals surface area contributed by atoms with E-state index in [1.54, 1.807) is 11.3 Å². The summed E-state index contributed by atoms with van der Waals surface area (Å²) in [5, 5.41) is 2.89. The number of anilines is 1. The lowest BCUT2D eigenvalue weighted by atomic mass is 9.93. The average molecular weight is 218 g/mol. The maximum atomic E-state index is 11.8. The number of nitrogens with two attached hydrogens (primary N) is 1. The summed E-state index contributed by atoms with van der Waals surface area (Å²) in [6, 6.07) is 1.94. The number of hydrogen-bond donors (Lipinski definition) is 1. The lowest BCUT2D eigenvalue weighted by Gasteiger charge is -2.15. The minimum absolute atomic E-state index is 0.148. The number of carbonyl (C=O) groups is 1. The smallest absolute Gasteiger partial charge is 0.166 e. The van der Waals surface area contributed by atoms with Crippen molar-refractivity contribution in [2.75, 3.05) is 5.73 Å². The van der Waals surface area contributed by atoms with E-state index in [2.05, 4.69) is 4.98 Å². The summed E-state index contributed by atoms with van der Waals surface area (Å²) in [7, 11) is 0. The molecule has 0 bridgehead atoms. The summed E-state index contributed by atoms with van der Waals surface area (Å²) in [6.45, 7) is 0. The molecule has 15 heavy (non-hydrogen) atoms. The first-order chi connectivity index (χ1) is 7.27. The first kappa shape index (κ1) is 8.85. The monoisotopic (exact) mass is 218 g/mol. The molecule has 3 nitrogen and oxygen atoms in total. The van der Waals surface area contributed by atoms with Gasteiger partial charge < -0.3 is 5.73 Å². The summed E-state index contributed by atoms with van der Waals surface area (Å²) >= 11 is 1.57. The highest BCUT2D eigenvalue weighted by Crippen LogP contribution is 2.33. The van der Waals surface area contributed by atoms with Gasteiger partial charge in [-0.2, -0.15) is 0 Å². The Kier molecular flexibility index (Phi) is 1.79. The zero-order valence-corrected chi connectivity index (χ0v) is 8.93. The van der Waals surface area contributed by atoms with Crippen LogP contribution in [-0.2, 0) is 6.42 Å². The second-order valence-electron chi connectivity index (χ2n) is 3.76. The highest BCUT2D eigenvalue weighted by atomic mass is 32.1. The number of nitrogen functional groups attached to an aromatic ring is 1. The van der Waals surface area contributed by atoms with E-state index in [4.69, 9.17) is 5.73 Å². The fourth-order valence-electron chi connectivity index (χ4n) is 2.09. The van der Waals surface area contributed by atoms with Crippen LogP contribution in [0.15, 0.2) is 11.4 Å². The second-order valence-corrected chi connectivity index (χ2v) is 4.66. The minimum Gasteiger partial charge on any atom is -0.398 e. The Morgan fingerprint density at radius 2 is 2.27 bits per heavy atom. The number of aryl methyl sites for hydroxylation is 1. The standard InChI is InChI=1S/C11H10N2OS/c12-10-6-4-5-15-11(6)13-7-2-1-3-8(14)9(7)10/h4-5H,1-3H2,(H2,12,13). The zero-order valence-electron chi connectivity index (χ0n) is 8.12. The van der Waals surface area contributed by atoms with Crippen LogP contribution in [0.5, 0.6) is 0 Å². The molecule has 1 aliphatic carbocycles. The number of thiophene rings is 1. The summed E-state index contributed by atoms with van der Waals surface area (Å²) in [5.74, 6) is 0.148. The predicted octanol–water partition coefficient (Wildman–Crippen LogP) is 2.40. The van der Waals surface area contributed by atoms with Gasteiger partial charge in [0.25, 0.3) is 0 Å². The molecule has 2 aromatic rings. The molecule has 0 unspecified atom stereocenters. The molecule has 0 aliphatic heterocycles. The van der Waals surface area contributed by atoms with Crippen molar-refractivity contribution in [1.82, 2.24) is 4.98 Å². The van der Waals surface area contributed by atoms with Gasteiger partial charge in [-0.25, -0.2) is 4.98 Å². The van der Waals surface area contributed by atoms with Gasteiger partial charge in [-0.05, 0) is 24.3 Å². The average Bonchev–Trinajstić information content (AvgIpc) is 2.66. The van der Waals surface area contributed by atoms with Crippen molar-refractivity contribution in [2.45, 2.75) is 19.3 Å². The van der Waals surface area contributed by atoms with Crippen LogP contribution in [0.3, 0.4) is 0 Å². The maximum absolute atomic E-state index is 11.8. The Balaban J connectivity index is 2.41. The van der Waals surface area contributed by atoms with Gasteiger partial charge in [0.2, 0.25) is 0 Å². The van der Waals surface area contributed by atoms with Crippen LogP contribution in [0.25, 0.3) is 10.2 Å². The summed E-state index contributed by atoms with van der Waals surface area (Å²) in [6.07, 6.45) is 2.38. The molecule has 4 heteroatoms. The molecule has 0 radical (unpaired) electrons. The zero-order chi connectivity index (χ0) is 10.4. The number of fused-ring (bicyclic) bond motifs is 2. The van der Waals surface area contributed by atoms with Crippen molar-refractivity contribution in [3.63, 3.8) is 0 Å². The van der Waals surface area contributed by atoms with Crippen molar-refractivity contribution in [3.05, 3.63) is 22.7 Å². The van der Waals surface area contributed by atoms with Gasteiger partial charge in [0, 0.05) is 11.8 Å². The van der Waals surface area contributed by atoms with Crippen LogP contribution in [0, 0.1) is 0 Å². The van der Waals surface area contributed by atoms with Gasteiger partial charge in [0.15, 0.2) is 5.78 Å². The van der Waals surface area contributed by atoms with E-state index in [9.17, 15) is 4.79 Å².